The fraction of sp³-hybridized carbons (Fsp3) is 0.611. The van der Waals surface area contributed by atoms with Crippen LogP contribution in [0.15, 0.2) is 24.3 Å². The molecule has 0 unspecified atom stereocenters. The number of benzene rings is 1. The van der Waals surface area contributed by atoms with Crippen LogP contribution in [0.3, 0.4) is 0 Å². The molecule has 2 rings (SSSR count). The summed E-state index contributed by atoms with van der Waals surface area (Å²) >= 11 is 0. The van der Waals surface area contributed by atoms with E-state index in [1.54, 1.807) is 18.2 Å². The molecule has 1 fully saturated rings. The van der Waals surface area contributed by atoms with Crippen molar-refractivity contribution in [1.29, 1.82) is 0 Å². The van der Waals surface area contributed by atoms with Crippen molar-refractivity contribution < 1.29 is 22.7 Å². The van der Waals surface area contributed by atoms with Gasteiger partial charge in [0.2, 0.25) is 5.91 Å². The fourth-order valence-electron chi connectivity index (χ4n) is 2.89. The van der Waals surface area contributed by atoms with Crippen LogP contribution in [0.1, 0.15) is 44.1 Å². The standard InChI is InChI=1S/C18H25F3N2O2/c19-18(20,21)13-25-16-8-4-5-14(11-16)12-22-10-9-17(24)23-15-6-2-1-3-7-15/h4-5,8,11,15,22H,1-3,6-7,9-10,12-13H2,(H,23,24). The van der Waals surface area contributed by atoms with Gasteiger partial charge in [-0.15, -0.1) is 0 Å². The SMILES string of the molecule is O=C(CCNCc1cccc(OCC(F)(F)F)c1)NC1CCCCC1. The highest BCUT2D eigenvalue weighted by atomic mass is 19.4. The van der Waals surface area contributed by atoms with Crippen LogP contribution >= 0.6 is 0 Å². The molecule has 0 heterocycles. The average Bonchev–Trinajstić information content (AvgIpc) is 2.58. The summed E-state index contributed by atoms with van der Waals surface area (Å²) in [5, 5.41) is 6.18. The molecule has 1 aliphatic rings. The minimum atomic E-state index is -4.35. The number of nitrogens with one attached hydrogen (secondary N) is 2. The highest BCUT2D eigenvalue weighted by Gasteiger charge is 2.28. The van der Waals surface area contributed by atoms with E-state index in [0.29, 0.717) is 25.6 Å². The molecule has 0 aromatic heterocycles. The molecular formula is C18H25F3N2O2. The van der Waals surface area contributed by atoms with Gasteiger partial charge in [0.15, 0.2) is 6.61 Å². The van der Waals surface area contributed by atoms with Gasteiger partial charge in [-0.1, -0.05) is 31.4 Å². The number of carbonyl (C=O) groups is 1. The molecule has 2 N–H and O–H groups in total. The zero-order valence-electron chi connectivity index (χ0n) is 14.2. The first-order valence-corrected chi connectivity index (χ1v) is 8.71. The smallest absolute Gasteiger partial charge is 0.422 e. The van der Waals surface area contributed by atoms with Crippen LogP contribution < -0.4 is 15.4 Å². The lowest BCUT2D eigenvalue weighted by Crippen LogP contribution is -2.37. The van der Waals surface area contributed by atoms with Gasteiger partial charge in [0.05, 0.1) is 0 Å². The predicted molar refractivity (Wildman–Crippen MR) is 89.3 cm³/mol. The van der Waals surface area contributed by atoms with Crippen LogP contribution in [0.4, 0.5) is 13.2 Å². The Labute approximate surface area is 146 Å². The van der Waals surface area contributed by atoms with Gasteiger partial charge in [-0.3, -0.25) is 4.79 Å². The summed E-state index contributed by atoms with van der Waals surface area (Å²) in [6, 6.07) is 6.82. The van der Waals surface area contributed by atoms with Crippen LogP contribution in [0.5, 0.6) is 5.75 Å². The molecule has 1 aliphatic carbocycles. The van der Waals surface area contributed by atoms with Gasteiger partial charge in [-0.2, -0.15) is 13.2 Å². The zero-order chi connectivity index (χ0) is 18.1. The number of hydrogen-bond acceptors (Lipinski definition) is 3. The average molecular weight is 358 g/mol. The van der Waals surface area contributed by atoms with E-state index in [2.05, 4.69) is 10.6 Å². The Morgan fingerprint density at radius 2 is 1.96 bits per heavy atom. The summed E-state index contributed by atoms with van der Waals surface area (Å²) < 4.78 is 41.2. The van der Waals surface area contributed by atoms with E-state index in [9.17, 15) is 18.0 Å². The van der Waals surface area contributed by atoms with E-state index in [4.69, 9.17) is 4.74 Å². The van der Waals surface area contributed by atoms with Crippen LogP contribution in [0.2, 0.25) is 0 Å². The monoisotopic (exact) mass is 358 g/mol. The second-order valence-electron chi connectivity index (χ2n) is 6.38. The van der Waals surface area contributed by atoms with Crippen molar-refractivity contribution in [2.75, 3.05) is 13.2 Å². The topological polar surface area (TPSA) is 50.4 Å². The predicted octanol–water partition coefficient (Wildman–Crippen LogP) is 3.56. The highest BCUT2D eigenvalue weighted by molar-refractivity contribution is 5.76. The Kier molecular flexibility index (Phi) is 7.55. The lowest BCUT2D eigenvalue weighted by atomic mass is 9.95. The molecule has 0 aliphatic heterocycles. The Bertz CT molecular complexity index is 543. The van der Waals surface area contributed by atoms with Crippen molar-refractivity contribution in [2.45, 2.75) is 57.3 Å². The van der Waals surface area contributed by atoms with E-state index in [-0.39, 0.29) is 11.7 Å². The molecule has 4 nitrogen and oxygen atoms in total. The van der Waals surface area contributed by atoms with Crippen molar-refractivity contribution in [3.8, 4) is 5.75 Å². The molecule has 1 aromatic carbocycles. The summed E-state index contributed by atoms with van der Waals surface area (Å²) in [4.78, 5) is 11.9. The molecule has 1 saturated carbocycles. The number of halogens is 3. The molecule has 25 heavy (non-hydrogen) atoms. The summed E-state index contributed by atoms with van der Waals surface area (Å²) in [5.41, 5.74) is 0.812. The minimum absolute atomic E-state index is 0.0432. The van der Waals surface area contributed by atoms with Crippen molar-refractivity contribution in [2.24, 2.45) is 0 Å². The Hall–Kier alpha value is -1.76. The second-order valence-corrected chi connectivity index (χ2v) is 6.38. The minimum Gasteiger partial charge on any atom is -0.484 e. The van der Waals surface area contributed by atoms with E-state index in [1.165, 1.54) is 25.3 Å². The van der Waals surface area contributed by atoms with Gasteiger partial charge in [-0.25, -0.2) is 0 Å². The molecule has 0 saturated heterocycles. The first-order valence-electron chi connectivity index (χ1n) is 8.71. The lowest BCUT2D eigenvalue weighted by Gasteiger charge is -2.22. The molecular weight excluding hydrogens is 333 g/mol. The van der Waals surface area contributed by atoms with Crippen molar-refractivity contribution in [3.63, 3.8) is 0 Å². The number of hydrogen-bond donors (Lipinski definition) is 2. The maximum Gasteiger partial charge on any atom is 0.422 e. The summed E-state index contributed by atoms with van der Waals surface area (Å²) in [5.74, 6) is 0.230. The molecule has 0 radical (unpaired) electrons. The third-order valence-electron chi connectivity index (χ3n) is 4.13. The van der Waals surface area contributed by atoms with Crippen molar-refractivity contribution in [1.82, 2.24) is 10.6 Å². The molecule has 1 amide bonds. The van der Waals surface area contributed by atoms with E-state index in [0.717, 1.165) is 18.4 Å². The Morgan fingerprint density at radius 1 is 1.20 bits per heavy atom. The summed E-state index contributed by atoms with van der Waals surface area (Å²) in [7, 11) is 0. The number of rotatable bonds is 8. The molecule has 1 aromatic rings. The molecule has 0 spiro atoms. The van der Waals surface area contributed by atoms with Crippen molar-refractivity contribution in [3.05, 3.63) is 29.8 Å². The number of amides is 1. The summed E-state index contributed by atoms with van der Waals surface area (Å²) in [6.07, 6.45) is 1.76. The lowest BCUT2D eigenvalue weighted by molar-refractivity contribution is -0.153. The number of alkyl halides is 3. The first kappa shape index (κ1) is 19.6. The largest absolute Gasteiger partial charge is 0.484 e. The van der Waals surface area contributed by atoms with Crippen LogP contribution in [-0.4, -0.2) is 31.3 Å². The first-order chi connectivity index (χ1) is 11.9. The quantitative estimate of drug-likeness (QED) is 0.699. The number of carbonyl (C=O) groups excluding carboxylic acids is 1. The third-order valence-corrected chi connectivity index (χ3v) is 4.13. The highest BCUT2D eigenvalue weighted by Crippen LogP contribution is 2.19. The van der Waals surface area contributed by atoms with E-state index in [1.807, 2.05) is 0 Å². The summed E-state index contributed by atoms with van der Waals surface area (Å²) in [6.45, 7) is -0.308. The Morgan fingerprint density at radius 3 is 2.68 bits per heavy atom. The fourth-order valence-corrected chi connectivity index (χ4v) is 2.89. The molecule has 140 valence electrons. The van der Waals surface area contributed by atoms with Crippen LogP contribution in [-0.2, 0) is 11.3 Å². The van der Waals surface area contributed by atoms with Crippen molar-refractivity contribution >= 4 is 5.91 Å². The van der Waals surface area contributed by atoms with Gasteiger partial charge in [-0.05, 0) is 30.5 Å². The maximum absolute atomic E-state index is 12.2. The molecule has 0 bridgehead atoms. The van der Waals surface area contributed by atoms with Gasteiger partial charge in [0.25, 0.3) is 0 Å². The maximum atomic E-state index is 12.2. The Balaban J connectivity index is 1.64. The van der Waals surface area contributed by atoms with Gasteiger partial charge in [0.1, 0.15) is 5.75 Å². The van der Waals surface area contributed by atoms with E-state index < -0.39 is 12.8 Å². The van der Waals surface area contributed by atoms with E-state index >= 15 is 0 Å². The van der Waals surface area contributed by atoms with Gasteiger partial charge >= 0.3 is 6.18 Å². The van der Waals surface area contributed by atoms with Crippen LogP contribution in [0.25, 0.3) is 0 Å². The number of ether oxygens (including phenoxy) is 1. The normalized spacial score (nSPS) is 15.8. The van der Waals surface area contributed by atoms with Gasteiger partial charge < -0.3 is 15.4 Å². The molecule has 0 atom stereocenters. The zero-order valence-corrected chi connectivity index (χ0v) is 14.2. The third kappa shape index (κ3) is 8.25. The van der Waals surface area contributed by atoms with Crippen LogP contribution in [0, 0.1) is 0 Å². The van der Waals surface area contributed by atoms with Gasteiger partial charge in [0, 0.05) is 25.6 Å². The molecule has 7 heteroatoms. The second kappa shape index (κ2) is 9.65.